The molecular weight excluding hydrogens is 278 g/mol. The van der Waals surface area contributed by atoms with Crippen LogP contribution in [0.5, 0.6) is 5.75 Å². The van der Waals surface area contributed by atoms with E-state index in [0.717, 1.165) is 16.8 Å². The Morgan fingerprint density at radius 1 is 1.14 bits per heavy atom. The molecule has 0 atom stereocenters. The van der Waals surface area contributed by atoms with E-state index in [1.54, 1.807) is 36.4 Å². The van der Waals surface area contributed by atoms with Crippen molar-refractivity contribution in [2.45, 2.75) is 12.8 Å². The Kier molecular flexibility index (Phi) is 3.74. The lowest BCUT2D eigenvalue weighted by molar-refractivity contribution is -0.116. The van der Waals surface area contributed by atoms with Crippen LogP contribution in [0, 0.1) is 0 Å². The Morgan fingerprint density at radius 3 is 2.82 bits per heavy atom. The Labute approximate surface area is 128 Å². The van der Waals surface area contributed by atoms with Gasteiger partial charge < -0.3 is 10.4 Å². The first-order chi connectivity index (χ1) is 10.6. The Balaban J connectivity index is 1.79. The molecule has 0 radical (unpaired) electrons. The molecule has 2 N–H and O–H groups in total. The third kappa shape index (κ3) is 3.06. The maximum Gasteiger partial charge on any atom is 0.224 e. The lowest BCUT2D eigenvalue weighted by Gasteiger charge is -2.16. The van der Waals surface area contributed by atoms with Crippen molar-refractivity contribution >= 4 is 23.5 Å². The number of anilines is 1. The zero-order chi connectivity index (χ0) is 15.5. The van der Waals surface area contributed by atoms with Crippen molar-refractivity contribution in [3.8, 4) is 5.75 Å². The van der Waals surface area contributed by atoms with E-state index in [2.05, 4.69) is 5.32 Å². The van der Waals surface area contributed by atoms with Gasteiger partial charge in [-0.1, -0.05) is 18.2 Å². The predicted octanol–water partition coefficient (Wildman–Crippen LogP) is 3.17. The summed E-state index contributed by atoms with van der Waals surface area (Å²) in [5.74, 6) is 0.0671. The van der Waals surface area contributed by atoms with Gasteiger partial charge in [0.25, 0.3) is 0 Å². The Hall–Kier alpha value is -2.88. The normalized spacial score (nSPS) is 13.7. The number of ketones is 1. The fourth-order valence-corrected chi connectivity index (χ4v) is 2.43. The zero-order valence-corrected chi connectivity index (χ0v) is 11.9. The lowest BCUT2D eigenvalue weighted by atomic mass is 9.98. The summed E-state index contributed by atoms with van der Waals surface area (Å²) in [6, 6.07) is 12.0. The van der Waals surface area contributed by atoms with Gasteiger partial charge in [-0.3, -0.25) is 9.59 Å². The van der Waals surface area contributed by atoms with Crippen molar-refractivity contribution in [3.63, 3.8) is 0 Å². The number of fused-ring (bicyclic) bond motifs is 1. The van der Waals surface area contributed by atoms with E-state index in [1.165, 1.54) is 6.08 Å². The second-order valence-corrected chi connectivity index (χ2v) is 5.21. The highest BCUT2D eigenvalue weighted by Gasteiger charge is 2.15. The minimum absolute atomic E-state index is 0.00959. The fourth-order valence-electron chi connectivity index (χ4n) is 2.43. The molecule has 2 aromatic rings. The molecule has 1 aliphatic rings. The van der Waals surface area contributed by atoms with Gasteiger partial charge in [-0.05, 0) is 54.0 Å². The van der Waals surface area contributed by atoms with Crippen molar-refractivity contribution in [1.29, 1.82) is 0 Å². The van der Waals surface area contributed by atoms with Gasteiger partial charge in [0, 0.05) is 17.7 Å². The summed E-state index contributed by atoms with van der Waals surface area (Å²) in [7, 11) is 0. The predicted molar refractivity (Wildman–Crippen MR) is 84.9 cm³/mol. The van der Waals surface area contributed by atoms with Crippen LogP contribution in [0.3, 0.4) is 0 Å². The van der Waals surface area contributed by atoms with Crippen LogP contribution in [-0.4, -0.2) is 16.8 Å². The number of aromatic hydroxyl groups is 1. The zero-order valence-electron chi connectivity index (χ0n) is 11.9. The molecule has 1 heterocycles. The van der Waals surface area contributed by atoms with E-state index in [4.69, 9.17) is 0 Å². The van der Waals surface area contributed by atoms with E-state index in [9.17, 15) is 14.7 Å². The van der Waals surface area contributed by atoms with E-state index in [1.807, 2.05) is 12.1 Å². The Bertz CT molecular complexity index is 778. The first-order valence-electron chi connectivity index (χ1n) is 7.06. The molecule has 0 unspecified atom stereocenters. The van der Waals surface area contributed by atoms with Crippen LogP contribution >= 0.6 is 0 Å². The molecule has 4 nitrogen and oxygen atoms in total. The molecule has 0 aliphatic carbocycles. The number of amides is 1. The molecule has 1 amide bonds. The molecule has 4 heteroatoms. The van der Waals surface area contributed by atoms with Crippen molar-refractivity contribution in [3.05, 3.63) is 65.2 Å². The summed E-state index contributed by atoms with van der Waals surface area (Å²) in [5, 5.41) is 12.2. The lowest BCUT2D eigenvalue weighted by Crippen LogP contribution is -2.19. The smallest absolute Gasteiger partial charge is 0.224 e. The molecule has 110 valence electrons. The number of benzene rings is 2. The molecule has 0 saturated carbocycles. The molecule has 0 spiro atoms. The summed E-state index contributed by atoms with van der Waals surface area (Å²) in [6.45, 7) is 0. The molecular formula is C18H15NO3. The first kappa shape index (κ1) is 14.1. The number of allylic oxidation sites excluding steroid dienone is 1. The molecule has 1 aliphatic heterocycles. The number of hydrogen-bond donors (Lipinski definition) is 2. The van der Waals surface area contributed by atoms with Crippen LogP contribution in [0.1, 0.15) is 27.9 Å². The average molecular weight is 293 g/mol. The highest BCUT2D eigenvalue weighted by atomic mass is 16.3. The minimum atomic E-state index is -0.108. The summed E-state index contributed by atoms with van der Waals surface area (Å²) >= 11 is 0. The number of rotatable bonds is 3. The number of aryl methyl sites for hydroxylation is 1. The largest absolute Gasteiger partial charge is 0.508 e. The molecule has 3 rings (SSSR count). The average Bonchev–Trinajstić information content (AvgIpc) is 2.52. The number of phenolic OH excluding ortho intramolecular Hbond substituents is 1. The van der Waals surface area contributed by atoms with Crippen LogP contribution in [0.15, 0.2) is 48.5 Å². The molecule has 22 heavy (non-hydrogen) atoms. The molecule has 2 aromatic carbocycles. The second-order valence-electron chi connectivity index (χ2n) is 5.21. The van der Waals surface area contributed by atoms with Crippen LogP contribution in [0.2, 0.25) is 0 Å². The van der Waals surface area contributed by atoms with Gasteiger partial charge >= 0.3 is 0 Å². The van der Waals surface area contributed by atoms with Crippen LogP contribution < -0.4 is 5.32 Å². The molecule has 0 saturated heterocycles. The van der Waals surface area contributed by atoms with Crippen molar-refractivity contribution in [2.75, 3.05) is 5.32 Å². The monoisotopic (exact) mass is 293 g/mol. The number of hydrogen-bond acceptors (Lipinski definition) is 3. The highest BCUT2D eigenvalue weighted by molar-refractivity contribution is 6.07. The number of nitrogens with one attached hydrogen (secondary N) is 1. The second kappa shape index (κ2) is 5.85. The number of phenols is 1. The summed E-state index contributed by atoms with van der Waals surface area (Å²) in [6.07, 6.45) is 4.25. The maximum absolute atomic E-state index is 12.2. The first-order valence-corrected chi connectivity index (χ1v) is 7.06. The van der Waals surface area contributed by atoms with E-state index < -0.39 is 0 Å². The van der Waals surface area contributed by atoms with E-state index >= 15 is 0 Å². The van der Waals surface area contributed by atoms with Crippen molar-refractivity contribution in [1.82, 2.24) is 0 Å². The maximum atomic E-state index is 12.2. The molecule has 0 fully saturated rings. The quantitative estimate of drug-likeness (QED) is 0.674. The third-order valence-corrected chi connectivity index (χ3v) is 3.58. The molecule has 0 bridgehead atoms. The standard InChI is InChI=1S/C18H15NO3/c20-15-3-1-2-12(10-15)4-8-17(21)14-5-7-16-13(11-14)6-9-18(22)19-16/h1-5,7-8,10-11,20H,6,9H2,(H,19,22)/b8-4+. The molecule has 0 aromatic heterocycles. The van der Waals surface area contributed by atoms with Gasteiger partial charge in [0.1, 0.15) is 5.75 Å². The summed E-state index contributed by atoms with van der Waals surface area (Å²) < 4.78 is 0. The summed E-state index contributed by atoms with van der Waals surface area (Å²) in [4.78, 5) is 23.5. The van der Waals surface area contributed by atoms with Gasteiger partial charge in [-0.2, -0.15) is 0 Å². The third-order valence-electron chi connectivity index (χ3n) is 3.58. The summed E-state index contributed by atoms with van der Waals surface area (Å²) in [5.41, 5.74) is 3.12. The van der Waals surface area contributed by atoms with E-state index in [-0.39, 0.29) is 17.4 Å². The van der Waals surface area contributed by atoms with Crippen molar-refractivity contribution < 1.29 is 14.7 Å². The number of carbonyl (C=O) groups excluding carboxylic acids is 2. The van der Waals surface area contributed by atoms with Gasteiger partial charge in [0.05, 0.1) is 0 Å². The SMILES string of the molecule is O=C1CCc2cc(C(=O)/C=C/c3cccc(O)c3)ccc2N1. The van der Waals surface area contributed by atoms with Crippen molar-refractivity contribution in [2.24, 2.45) is 0 Å². The van der Waals surface area contributed by atoms with Gasteiger partial charge in [-0.15, -0.1) is 0 Å². The minimum Gasteiger partial charge on any atom is -0.508 e. The van der Waals surface area contributed by atoms with Gasteiger partial charge in [0.2, 0.25) is 5.91 Å². The highest BCUT2D eigenvalue weighted by Crippen LogP contribution is 2.24. The van der Waals surface area contributed by atoms with Gasteiger partial charge in [0.15, 0.2) is 5.78 Å². The van der Waals surface area contributed by atoms with Gasteiger partial charge in [-0.25, -0.2) is 0 Å². The topological polar surface area (TPSA) is 66.4 Å². The van der Waals surface area contributed by atoms with Crippen LogP contribution in [0.4, 0.5) is 5.69 Å². The Morgan fingerprint density at radius 2 is 2.00 bits per heavy atom. The number of carbonyl (C=O) groups is 2. The van der Waals surface area contributed by atoms with E-state index in [0.29, 0.717) is 18.4 Å². The fraction of sp³-hybridized carbons (Fsp3) is 0.111. The van der Waals surface area contributed by atoms with Crippen LogP contribution in [0.25, 0.3) is 6.08 Å². The van der Waals surface area contributed by atoms with Crippen LogP contribution in [-0.2, 0) is 11.2 Å².